The molecule has 1 aromatic rings. The van der Waals surface area contributed by atoms with Crippen molar-refractivity contribution in [3.05, 3.63) is 35.4 Å². The molecule has 1 fully saturated rings. The van der Waals surface area contributed by atoms with Crippen LogP contribution in [-0.2, 0) is 6.42 Å². The zero-order valence-electron chi connectivity index (χ0n) is 11.4. The lowest BCUT2D eigenvalue weighted by molar-refractivity contribution is 0.169. The first kappa shape index (κ1) is 12.6. The molecule has 0 atom stereocenters. The van der Waals surface area contributed by atoms with Gasteiger partial charge in [0.1, 0.15) is 0 Å². The molecular weight excluding hydrogens is 206 g/mol. The van der Waals surface area contributed by atoms with Crippen LogP contribution in [0, 0.1) is 18.8 Å². The SMILES string of the molecule is Cc1cccc(CCNC2CC(C(C)C)C2)c1. The van der Waals surface area contributed by atoms with E-state index in [1.165, 1.54) is 24.0 Å². The quantitative estimate of drug-likeness (QED) is 0.817. The van der Waals surface area contributed by atoms with Crippen molar-refractivity contribution in [3.8, 4) is 0 Å². The molecule has 1 aliphatic rings. The molecule has 0 amide bonds. The topological polar surface area (TPSA) is 12.0 Å². The fourth-order valence-corrected chi connectivity index (χ4v) is 2.66. The first-order valence-corrected chi connectivity index (χ1v) is 6.94. The summed E-state index contributed by atoms with van der Waals surface area (Å²) in [5.41, 5.74) is 2.82. The zero-order valence-corrected chi connectivity index (χ0v) is 11.4. The highest BCUT2D eigenvalue weighted by Gasteiger charge is 2.30. The van der Waals surface area contributed by atoms with E-state index in [4.69, 9.17) is 0 Å². The number of benzene rings is 1. The fraction of sp³-hybridized carbons (Fsp3) is 0.625. The lowest BCUT2D eigenvalue weighted by Crippen LogP contribution is -2.43. The van der Waals surface area contributed by atoms with Gasteiger partial charge in [-0.25, -0.2) is 0 Å². The summed E-state index contributed by atoms with van der Waals surface area (Å²) in [7, 11) is 0. The van der Waals surface area contributed by atoms with Crippen molar-refractivity contribution >= 4 is 0 Å². The van der Waals surface area contributed by atoms with Crippen LogP contribution in [0.2, 0.25) is 0 Å². The molecule has 1 N–H and O–H groups in total. The summed E-state index contributed by atoms with van der Waals surface area (Å²) < 4.78 is 0. The molecule has 0 saturated heterocycles. The van der Waals surface area contributed by atoms with E-state index in [-0.39, 0.29) is 0 Å². The Balaban J connectivity index is 1.64. The molecule has 0 spiro atoms. The predicted octanol–water partition coefficient (Wildman–Crippen LogP) is 3.56. The van der Waals surface area contributed by atoms with Crippen LogP contribution < -0.4 is 5.32 Å². The van der Waals surface area contributed by atoms with Crippen molar-refractivity contribution in [3.63, 3.8) is 0 Å². The minimum atomic E-state index is 0.784. The minimum absolute atomic E-state index is 0.784. The molecule has 0 radical (unpaired) electrons. The van der Waals surface area contributed by atoms with E-state index in [2.05, 4.69) is 50.4 Å². The van der Waals surface area contributed by atoms with Crippen LogP contribution >= 0.6 is 0 Å². The van der Waals surface area contributed by atoms with E-state index in [1.54, 1.807) is 0 Å². The minimum Gasteiger partial charge on any atom is -0.314 e. The molecule has 1 nitrogen and oxygen atoms in total. The molecule has 1 saturated carbocycles. The smallest absolute Gasteiger partial charge is 0.00726 e. The van der Waals surface area contributed by atoms with Crippen LogP contribution in [0.15, 0.2) is 24.3 Å². The van der Waals surface area contributed by atoms with E-state index in [0.717, 1.165) is 30.8 Å². The molecule has 0 aromatic heterocycles. The van der Waals surface area contributed by atoms with Crippen LogP contribution in [0.5, 0.6) is 0 Å². The summed E-state index contributed by atoms with van der Waals surface area (Å²) >= 11 is 0. The van der Waals surface area contributed by atoms with Gasteiger partial charge in [-0.05, 0) is 50.1 Å². The summed E-state index contributed by atoms with van der Waals surface area (Å²) in [5, 5.41) is 3.67. The Labute approximate surface area is 106 Å². The third kappa shape index (κ3) is 3.57. The van der Waals surface area contributed by atoms with Gasteiger partial charge >= 0.3 is 0 Å². The van der Waals surface area contributed by atoms with E-state index >= 15 is 0 Å². The second-order valence-corrected chi connectivity index (χ2v) is 5.87. The number of rotatable bonds is 5. The molecule has 1 heteroatoms. The highest BCUT2D eigenvalue weighted by atomic mass is 14.9. The maximum Gasteiger partial charge on any atom is 0.00726 e. The van der Waals surface area contributed by atoms with Crippen molar-refractivity contribution in [1.29, 1.82) is 0 Å². The van der Waals surface area contributed by atoms with Crippen LogP contribution in [0.1, 0.15) is 37.8 Å². The second kappa shape index (κ2) is 5.68. The van der Waals surface area contributed by atoms with Crippen molar-refractivity contribution in [2.24, 2.45) is 11.8 Å². The Morgan fingerprint density at radius 2 is 2.06 bits per heavy atom. The van der Waals surface area contributed by atoms with Crippen molar-refractivity contribution in [2.75, 3.05) is 6.54 Å². The molecular formula is C16H25N. The monoisotopic (exact) mass is 231 g/mol. The summed E-state index contributed by atoms with van der Waals surface area (Å²) in [6, 6.07) is 9.62. The highest BCUT2D eigenvalue weighted by Crippen LogP contribution is 2.33. The summed E-state index contributed by atoms with van der Waals surface area (Å²) in [5.74, 6) is 1.83. The van der Waals surface area contributed by atoms with E-state index < -0.39 is 0 Å². The van der Waals surface area contributed by atoms with E-state index in [0.29, 0.717) is 0 Å². The molecule has 0 aliphatic heterocycles. The van der Waals surface area contributed by atoms with Gasteiger partial charge in [-0.2, -0.15) is 0 Å². The van der Waals surface area contributed by atoms with E-state index in [1.807, 2.05) is 0 Å². The largest absolute Gasteiger partial charge is 0.314 e. The molecule has 1 aromatic carbocycles. The first-order chi connectivity index (χ1) is 8.15. The van der Waals surface area contributed by atoms with Gasteiger partial charge in [-0.3, -0.25) is 0 Å². The summed E-state index contributed by atoms with van der Waals surface area (Å²) in [6.07, 6.45) is 3.92. The van der Waals surface area contributed by atoms with E-state index in [9.17, 15) is 0 Å². The molecule has 1 aliphatic carbocycles. The first-order valence-electron chi connectivity index (χ1n) is 6.94. The number of nitrogens with one attached hydrogen (secondary N) is 1. The third-order valence-electron chi connectivity index (χ3n) is 4.05. The average molecular weight is 231 g/mol. The Kier molecular flexibility index (Phi) is 4.22. The van der Waals surface area contributed by atoms with Crippen molar-refractivity contribution < 1.29 is 0 Å². The van der Waals surface area contributed by atoms with Crippen molar-refractivity contribution in [2.45, 2.75) is 46.1 Å². The highest BCUT2D eigenvalue weighted by molar-refractivity contribution is 5.22. The second-order valence-electron chi connectivity index (χ2n) is 5.87. The number of aryl methyl sites for hydroxylation is 1. The summed E-state index contributed by atoms with van der Waals surface area (Å²) in [6.45, 7) is 7.97. The molecule has 0 unspecified atom stereocenters. The summed E-state index contributed by atoms with van der Waals surface area (Å²) in [4.78, 5) is 0. The van der Waals surface area contributed by atoms with Gasteiger partial charge < -0.3 is 5.32 Å². The predicted molar refractivity (Wildman–Crippen MR) is 74.2 cm³/mol. The Morgan fingerprint density at radius 1 is 1.29 bits per heavy atom. The van der Waals surface area contributed by atoms with Crippen LogP contribution in [0.3, 0.4) is 0 Å². The number of hydrogen-bond acceptors (Lipinski definition) is 1. The number of hydrogen-bond donors (Lipinski definition) is 1. The maximum atomic E-state index is 3.67. The average Bonchev–Trinajstić information content (AvgIpc) is 2.20. The maximum absolute atomic E-state index is 3.67. The lowest BCUT2D eigenvalue weighted by Gasteiger charge is -2.38. The van der Waals surface area contributed by atoms with Gasteiger partial charge in [0.2, 0.25) is 0 Å². The normalized spacial score (nSPS) is 23.8. The Morgan fingerprint density at radius 3 is 2.71 bits per heavy atom. The van der Waals surface area contributed by atoms with Gasteiger partial charge in [-0.15, -0.1) is 0 Å². The lowest BCUT2D eigenvalue weighted by atomic mass is 9.73. The molecule has 0 heterocycles. The Bertz CT molecular complexity index is 350. The van der Waals surface area contributed by atoms with Crippen molar-refractivity contribution in [1.82, 2.24) is 5.32 Å². The molecule has 0 bridgehead atoms. The molecule has 2 rings (SSSR count). The zero-order chi connectivity index (χ0) is 12.3. The molecule has 17 heavy (non-hydrogen) atoms. The molecule has 94 valence electrons. The fourth-order valence-electron chi connectivity index (χ4n) is 2.66. The van der Waals surface area contributed by atoms with Gasteiger partial charge in [0.05, 0.1) is 0 Å². The van der Waals surface area contributed by atoms with Gasteiger partial charge in [0.15, 0.2) is 0 Å². The standard InChI is InChI=1S/C16H25N/c1-12(2)15-10-16(11-15)17-8-7-14-6-4-5-13(3)9-14/h4-6,9,12,15-17H,7-8,10-11H2,1-3H3. The Hall–Kier alpha value is -0.820. The van der Waals surface area contributed by atoms with Gasteiger partial charge in [0, 0.05) is 6.04 Å². The van der Waals surface area contributed by atoms with Gasteiger partial charge in [0.25, 0.3) is 0 Å². The van der Waals surface area contributed by atoms with Crippen LogP contribution in [0.25, 0.3) is 0 Å². The van der Waals surface area contributed by atoms with Crippen LogP contribution in [-0.4, -0.2) is 12.6 Å². The van der Waals surface area contributed by atoms with Gasteiger partial charge in [-0.1, -0.05) is 43.7 Å². The van der Waals surface area contributed by atoms with Crippen LogP contribution in [0.4, 0.5) is 0 Å². The third-order valence-corrected chi connectivity index (χ3v) is 4.05.